The molecule has 3 heterocycles. The molecule has 1 aliphatic rings. The van der Waals surface area contributed by atoms with Crippen LogP contribution < -0.4 is 5.32 Å². The van der Waals surface area contributed by atoms with Gasteiger partial charge in [-0.15, -0.1) is 10.2 Å². The summed E-state index contributed by atoms with van der Waals surface area (Å²) in [6.45, 7) is 4.05. The van der Waals surface area contributed by atoms with E-state index in [0.29, 0.717) is 0 Å². The molecule has 0 amide bonds. The number of nitrogens with one attached hydrogen (secondary N) is 1. The van der Waals surface area contributed by atoms with Crippen LogP contribution in [0.25, 0.3) is 16.9 Å². The quantitative estimate of drug-likeness (QED) is 0.787. The Kier molecular flexibility index (Phi) is 3.20. The van der Waals surface area contributed by atoms with Crippen molar-refractivity contribution in [1.29, 1.82) is 0 Å². The van der Waals surface area contributed by atoms with Gasteiger partial charge >= 0.3 is 0 Å². The van der Waals surface area contributed by atoms with Crippen LogP contribution in [-0.4, -0.2) is 26.3 Å². The Labute approximate surface area is 129 Å². The van der Waals surface area contributed by atoms with Gasteiger partial charge in [0.15, 0.2) is 0 Å². The van der Waals surface area contributed by atoms with Crippen LogP contribution in [0.4, 0.5) is 0 Å². The standard InChI is InChI=1S/C17H17N5/c1-12-14(5-6-17(21-12)22-10-19-20-11-22)16-4-2-3-13-9-18-8-7-15(13)16/h2-6,10-11,18H,7-9H2,1H3. The maximum Gasteiger partial charge on any atom is 0.139 e. The highest BCUT2D eigenvalue weighted by molar-refractivity contribution is 5.71. The van der Waals surface area contributed by atoms with Crippen LogP contribution in [0.15, 0.2) is 43.0 Å². The summed E-state index contributed by atoms with van der Waals surface area (Å²) in [5.74, 6) is 0.845. The number of hydrogen-bond donors (Lipinski definition) is 1. The average Bonchev–Trinajstić information content (AvgIpc) is 3.09. The lowest BCUT2D eigenvalue weighted by Crippen LogP contribution is -2.24. The van der Waals surface area contributed by atoms with E-state index in [9.17, 15) is 0 Å². The molecule has 0 saturated heterocycles. The van der Waals surface area contributed by atoms with Gasteiger partial charge in [0.05, 0.1) is 0 Å². The molecule has 0 unspecified atom stereocenters. The maximum absolute atomic E-state index is 4.71. The first-order chi connectivity index (χ1) is 10.8. The second kappa shape index (κ2) is 5.35. The summed E-state index contributed by atoms with van der Waals surface area (Å²) in [5.41, 5.74) is 6.38. The predicted octanol–water partition coefficient (Wildman–Crippen LogP) is 2.28. The van der Waals surface area contributed by atoms with Crippen LogP contribution in [0.5, 0.6) is 0 Å². The molecule has 0 atom stereocenters. The molecule has 0 radical (unpaired) electrons. The highest BCUT2D eigenvalue weighted by Crippen LogP contribution is 2.30. The van der Waals surface area contributed by atoms with Gasteiger partial charge in [-0.2, -0.15) is 0 Å². The summed E-state index contributed by atoms with van der Waals surface area (Å²) < 4.78 is 1.82. The van der Waals surface area contributed by atoms with Gasteiger partial charge in [0.25, 0.3) is 0 Å². The Morgan fingerprint density at radius 2 is 1.91 bits per heavy atom. The number of aryl methyl sites for hydroxylation is 1. The Morgan fingerprint density at radius 3 is 2.73 bits per heavy atom. The minimum atomic E-state index is 0.845. The van der Waals surface area contributed by atoms with Crippen molar-refractivity contribution in [2.45, 2.75) is 19.9 Å². The van der Waals surface area contributed by atoms with Crippen molar-refractivity contribution >= 4 is 0 Å². The molecule has 1 N–H and O–H groups in total. The van der Waals surface area contributed by atoms with Crippen LogP contribution >= 0.6 is 0 Å². The third-order valence-electron chi connectivity index (χ3n) is 4.18. The monoisotopic (exact) mass is 291 g/mol. The van der Waals surface area contributed by atoms with Gasteiger partial charge in [0, 0.05) is 17.8 Å². The molecule has 3 aromatic rings. The third-order valence-corrected chi connectivity index (χ3v) is 4.18. The minimum Gasteiger partial charge on any atom is -0.312 e. The Hall–Kier alpha value is -2.53. The van der Waals surface area contributed by atoms with Crippen LogP contribution in [-0.2, 0) is 13.0 Å². The number of rotatable bonds is 2. The summed E-state index contributed by atoms with van der Waals surface area (Å²) in [7, 11) is 0. The highest BCUT2D eigenvalue weighted by Gasteiger charge is 2.15. The van der Waals surface area contributed by atoms with Crippen molar-refractivity contribution in [2.24, 2.45) is 0 Å². The van der Waals surface area contributed by atoms with Crippen molar-refractivity contribution in [3.63, 3.8) is 0 Å². The van der Waals surface area contributed by atoms with E-state index in [1.807, 2.05) is 10.6 Å². The minimum absolute atomic E-state index is 0.845. The molecule has 0 bridgehead atoms. The number of hydrogen-bond acceptors (Lipinski definition) is 4. The molecule has 1 aromatic carbocycles. The van der Waals surface area contributed by atoms with Gasteiger partial charge in [0.1, 0.15) is 18.5 Å². The second-order valence-corrected chi connectivity index (χ2v) is 5.54. The average molecular weight is 291 g/mol. The van der Waals surface area contributed by atoms with Gasteiger partial charge in [-0.3, -0.25) is 4.57 Å². The fraction of sp³-hybridized carbons (Fsp3) is 0.235. The largest absolute Gasteiger partial charge is 0.312 e. The zero-order valence-electron chi connectivity index (χ0n) is 12.5. The lowest BCUT2D eigenvalue weighted by atomic mass is 9.91. The summed E-state index contributed by atoms with van der Waals surface area (Å²) in [4.78, 5) is 4.71. The molecule has 1 aliphatic heterocycles. The first-order valence-corrected chi connectivity index (χ1v) is 7.47. The van der Waals surface area contributed by atoms with Crippen LogP contribution in [0.1, 0.15) is 16.8 Å². The van der Waals surface area contributed by atoms with E-state index in [2.05, 4.69) is 46.7 Å². The van der Waals surface area contributed by atoms with Crippen LogP contribution in [0.3, 0.4) is 0 Å². The molecule has 0 aliphatic carbocycles. The van der Waals surface area contributed by atoms with Gasteiger partial charge in [-0.1, -0.05) is 18.2 Å². The van der Waals surface area contributed by atoms with E-state index in [0.717, 1.165) is 31.0 Å². The van der Waals surface area contributed by atoms with Gasteiger partial charge < -0.3 is 5.32 Å². The lowest BCUT2D eigenvalue weighted by molar-refractivity contribution is 0.645. The summed E-state index contributed by atoms with van der Waals surface area (Å²) >= 11 is 0. The number of benzene rings is 1. The maximum atomic E-state index is 4.71. The zero-order valence-corrected chi connectivity index (χ0v) is 12.5. The fourth-order valence-electron chi connectivity index (χ4n) is 3.08. The molecule has 22 heavy (non-hydrogen) atoms. The molecule has 0 fully saturated rings. The fourth-order valence-corrected chi connectivity index (χ4v) is 3.08. The molecule has 0 saturated carbocycles. The molecule has 4 rings (SSSR count). The van der Waals surface area contributed by atoms with Crippen LogP contribution in [0, 0.1) is 6.92 Å². The summed E-state index contributed by atoms with van der Waals surface area (Å²) in [6, 6.07) is 10.7. The van der Waals surface area contributed by atoms with Crippen molar-refractivity contribution in [2.75, 3.05) is 6.54 Å². The molecule has 5 heteroatoms. The molecule has 0 spiro atoms. The zero-order chi connectivity index (χ0) is 14.9. The normalized spacial score (nSPS) is 13.9. The number of pyridine rings is 1. The highest BCUT2D eigenvalue weighted by atomic mass is 15.2. The molecular formula is C17H17N5. The van der Waals surface area contributed by atoms with Crippen molar-refractivity contribution in [3.05, 3.63) is 59.8 Å². The molecular weight excluding hydrogens is 274 g/mol. The summed E-state index contributed by atoms with van der Waals surface area (Å²) in [5, 5.41) is 11.1. The molecule has 2 aromatic heterocycles. The topological polar surface area (TPSA) is 55.6 Å². The number of fused-ring (bicyclic) bond motifs is 1. The molecule has 110 valence electrons. The Morgan fingerprint density at radius 1 is 1.05 bits per heavy atom. The Balaban J connectivity index is 1.81. The van der Waals surface area contributed by atoms with Crippen LogP contribution in [0.2, 0.25) is 0 Å². The second-order valence-electron chi connectivity index (χ2n) is 5.54. The van der Waals surface area contributed by atoms with E-state index >= 15 is 0 Å². The third kappa shape index (κ3) is 2.19. The van der Waals surface area contributed by atoms with Crippen molar-refractivity contribution in [1.82, 2.24) is 25.1 Å². The SMILES string of the molecule is Cc1nc(-n2cnnc2)ccc1-c1cccc2c1CCNC2. The van der Waals surface area contributed by atoms with E-state index < -0.39 is 0 Å². The predicted molar refractivity (Wildman–Crippen MR) is 84.7 cm³/mol. The Bertz CT molecular complexity index is 808. The van der Waals surface area contributed by atoms with E-state index in [-0.39, 0.29) is 0 Å². The first kappa shape index (κ1) is 13.2. The number of nitrogens with zero attached hydrogens (tertiary/aromatic N) is 4. The van der Waals surface area contributed by atoms with Gasteiger partial charge in [0.2, 0.25) is 0 Å². The van der Waals surface area contributed by atoms with E-state index in [1.165, 1.54) is 22.3 Å². The van der Waals surface area contributed by atoms with E-state index in [4.69, 9.17) is 4.98 Å². The molecule has 5 nitrogen and oxygen atoms in total. The van der Waals surface area contributed by atoms with Gasteiger partial charge in [-0.05, 0) is 48.7 Å². The smallest absolute Gasteiger partial charge is 0.139 e. The van der Waals surface area contributed by atoms with Crippen molar-refractivity contribution < 1.29 is 0 Å². The van der Waals surface area contributed by atoms with Gasteiger partial charge in [-0.25, -0.2) is 4.98 Å². The number of aromatic nitrogens is 4. The first-order valence-electron chi connectivity index (χ1n) is 7.47. The lowest BCUT2D eigenvalue weighted by Gasteiger charge is -2.21. The van der Waals surface area contributed by atoms with Crippen molar-refractivity contribution in [3.8, 4) is 16.9 Å². The van der Waals surface area contributed by atoms with E-state index in [1.54, 1.807) is 12.7 Å². The summed E-state index contributed by atoms with van der Waals surface area (Å²) in [6.07, 6.45) is 4.40.